The minimum Gasteiger partial charge on any atom is -0.356 e. The van der Waals surface area contributed by atoms with Crippen LogP contribution in [-0.2, 0) is 14.8 Å². The summed E-state index contributed by atoms with van der Waals surface area (Å²) in [5, 5.41) is 3.05. The van der Waals surface area contributed by atoms with Gasteiger partial charge in [0, 0.05) is 25.6 Å². The van der Waals surface area contributed by atoms with Gasteiger partial charge in [0.2, 0.25) is 15.9 Å². The molecule has 1 aromatic rings. The Morgan fingerprint density at radius 3 is 2.38 bits per heavy atom. The van der Waals surface area contributed by atoms with Gasteiger partial charge in [-0.1, -0.05) is 31.4 Å². The molecule has 0 atom stereocenters. The third-order valence-corrected chi connectivity index (χ3v) is 7.50. The first-order chi connectivity index (χ1) is 12.5. The predicted molar refractivity (Wildman–Crippen MR) is 97.5 cm³/mol. The van der Waals surface area contributed by atoms with Gasteiger partial charge in [-0.25, -0.2) is 12.8 Å². The van der Waals surface area contributed by atoms with Crippen LogP contribution in [0.25, 0.3) is 0 Å². The van der Waals surface area contributed by atoms with Crippen molar-refractivity contribution in [3.8, 4) is 0 Å². The smallest absolute Gasteiger partial charge is 0.245 e. The zero-order chi connectivity index (χ0) is 18.6. The van der Waals surface area contributed by atoms with Crippen LogP contribution in [0.2, 0.25) is 0 Å². The molecule has 1 saturated heterocycles. The first-order valence-corrected chi connectivity index (χ1v) is 10.9. The highest BCUT2D eigenvalue weighted by atomic mass is 32.2. The van der Waals surface area contributed by atoms with Crippen molar-refractivity contribution in [2.75, 3.05) is 19.6 Å². The lowest BCUT2D eigenvalue weighted by Gasteiger charge is -2.31. The van der Waals surface area contributed by atoms with Gasteiger partial charge in [0.25, 0.3) is 0 Å². The lowest BCUT2D eigenvalue weighted by molar-refractivity contribution is -0.126. The number of hydrogen-bond donors (Lipinski definition) is 1. The molecule has 0 radical (unpaired) electrons. The van der Waals surface area contributed by atoms with Gasteiger partial charge in [-0.3, -0.25) is 4.79 Å². The minimum atomic E-state index is -3.84. The van der Waals surface area contributed by atoms with Gasteiger partial charge in [-0.15, -0.1) is 0 Å². The monoisotopic (exact) mass is 382 g/mol. The standard InChI is InChI=1S/C19H27FN2O3S/c20-17-8-4-5-9-18(17)26(24,25)22-12-10-16(11-13-22)19(23)21-14-15-6-2-1-3-7-15/h4-5,8-9,15-16H,1-3,6-7,10-14H2,(H,21,23). The van der Waals surface area contributed by atoms with Crippen molar-refractivity contribution in [2.24, 2.45) is 11.8 Å². The molecule has 3 rings (SSSR count). The summed E-state index contributed by atoms with van der Waals surface area (Å²) >= 11 is 0. The number of amides is 1. The molecule has 0 spiro atoms. The van der Waals surface area contributed by atoms with Crippen molar-refractivity contribution in [1.82, 2.24) is 9.62 Å². The number of piperidine rings is 1. The molecule has 7 heteroatoms. The summed E-state index contributed by atoms with van der Waals surface area (Å²) in [7, 11) is -3.84. The van der Waals surface area contributed by atoms with Crippen molar-refractivity contribution < 1.29 is 17.6 Å². The van der Waals surface area contributed by atoms with E-state index in [0.717, 1.165) is 12.6 Å². The highest BCUT2D eigenvalue weighted by Crippen LogP contribution is 2.26. The second kappa shape index (κ2) is 8.48. The second-order valence-electron chi connectivity index (χ2n) is 7.36. The van der Waals surface area contributed by atoms with E-state index < -0.39 is 15.8 Å². The molecule has 1 aliphatic carbocycles. The summed E-state index contributed by atoms with van der Waals surface area (Å²) in [5.74, 6) is -0.293. The maximum Gasteiger partial charge on any atom is 0.245 e. The van der Waals surface area contributed by atoms with Crippen molar-refractivity contribution in [1.29, 1.82) is 0 Å². The van der Waals surface area contributed by atoms with Crippen LogP contribution in [-0.4, -0.2) is 38.3 Å². The first-order valence-electron chi connectivity index (χ1n) is 9.51. The third kappa shape index (κ3) is 4.43. The van der Waals surface area contributed by atoms with E-state index in [2.05, 4.69) is 5.32 Å². The summed E-state index contributed by atoms with van der Waals surface area (Å²) in [6.45, 7) is 1.23. The van der Waals surface area contributed by atoms with Crippen LogP contribution in [0.3, 0.4) is 0 Å². The van der Waals surface area contributed by atoms with Gasteiger partial charge in [-0.2, -0.15) is 4.31 Å². The van der Waals surface area contributed by atoms with Crippen molar-refractivity contribution in [3.63, 3.8) is 0 Å². The summed E-state index contributed by atoms with van der Waals surface area (Å²) < 4.78 is 40.3. The molecule has 1 aliphatic heterocycles. The van der Waals surface area contributed by atoms with E-state index >= 15 is 0 Å². The fourth-order valence-electron chi connectivity index (χ4n) is 3.93. The Morgan fingerprint density at radius 2 is 1.73 bits per heavy atom. The Hall–Kier alpha value is -1.47. The van der Waals surface area contributed by atoms with Gasteiger partial charge >= 0.3 is 0 Å². The van der Waals surface area contributed by atoms with Crippen LogP contribution in [0.15, 0.2) is 29.2 Å². The molecule has 1 amide bonds. The lowest BCUT2D eigenvalue weighted by atomic mass is 9.89. The average Bonchev–Trinajstić information content (AvgIpc) is 2.67. The Labute approximate surface area is 155 Å². The SMILES string of the molecule is O=C(NCC1CCCCC1)C1CCN(S(=O)(=O)c2ccccc2F)CC1. The largest absolute Gasteiger partial charge is 0.356 e. The van der Waals surface area contributed by atoms with Crippen molar-refractivity contribution >= 4 is 15.9 Å². The number of carbonyl (C=O) groups excluding carboxylic acids is 1. The number of nitrogens with zero attached hydrogens (tertiary/aromatic N) is 1. The number of carbonyl (C=O) groups is 1. The molecule has 1 N–H and O–H groups in total. The lowest BCUT2D eigenvalue weighted by Crippen LogP contribution is -2.44. The zero-order valence-electron chi connectivity index (χ0n) is 15.0. The van der Waals surface area contributed by atoms with Gasteiger partial charge in [0.1, 0.15) is 10.7 Å². The third-order valence-electron chi connectivity index (χ3n) is 5.57. The number of rotatable bonds is 5. The Balaban J connectivity index is 1.52. The van der Waals surface area contributed by atoms with E-state index in [1.165, 1.54) is 54.6 Å². The molecule has 1 saturated carbocycles. The summed E-state index contributed by atoms with van der Waals surface area (Å²) in [4.78, 5) is 12.1. The molecule has 5 nitrogen and oxygen atoms in total. The van der Waals surface area contributed by atoms with Gasteiger partial charge < -0.3 is 5.32 Å². The summed E-state index contributed by atoms with van der Waals surface area (Å²) in [6.07, 6.45) is 7.09. The van der Waals surface area contributed by atoms with Crippen LogP contribution in [0, 0.1) is 17.7 Å². The summed E-state index contributed by atoms with van der Waals surface area (Å²) in [6, 6.07) is 5.42. The Morgan fingerprint density at radius 1 is 1.08 bits per heavy atom. The topological polar surface area (TPSA) is 66.5 Å². The first kappa shape index (κ1) is 19.3. The van der Waals surface area contributed by atoms with Gasteiger partial charge in [0.05, 0.1) is 0 Å². The van der Waals surface area contributed by atoms with Gasteiger partial charge in [0.15, 0.2) is 0 Å². The molecule has 1 aromatic carbocycles. The number of benzene rings is 1. The highest BCUT2D eigenvalue weighted by molar-refractivity contribution is 7.89. The van der Waals surface area contributed by atoms with Crippen LogP contribution in [0.1, 0.15) is 44.9 Å². The second-order valence-corrected chi connectivity index (χ2v) is 9.26. The van der Waals surface area contributed by atoms with Crippen LogP contribution >= 0.6 is 0 Å². The van der Waals surface area contributed by atoms with E-state index in [1.54, 1.807) is 0 Å². The molecule has 0 aromatic heterocycles. The maximum atomic E-state index is 13.9. The highest BCUT2D eigenvalue weighted by Gasteiger charge is 2.33. The van der Waals surface area contributed by atoms with Crippen molar-refractivity contribution in [3.05, 3.63) is 30.1 Å². The van der Waals surface area contributed by atoms with E-state index in [9.17, 15) is 17.6 Å². The molecular formula is C19H27FN2O3S. The molecule has 0 bridgehead atoms. The summed E-state index contributed by atoms with van der Waals surface area (Å²) in [5.41, 5.74) is 0. The fourth-order valence-corrected chi connectivity index (χ4v) is 5.47. The number of nitrogens with one attached hydrogen (secondary N) is 1. The van der Waals surface area contributed by atoms with Crippen molar-refractivity contribution in [2.45, 2.75) is 49.8 Å². The minimum absolute atomic E-state index is 0.0264. The average molecular weight is 383 g/mol. The van der Waals surface area contributed by atoms with Crippen LogP contribution in [0.4, 0.5) is 4.39 Å². The van der Waals surface area contributed by atoms with Crippen LogP contribution < -0.4 is 5.32 Å². The normalized spacial score (nSPS) is 20.8. The quantitative estimate of drug-likeness (QED) is 0.851. The van der Waals surface area contributed by atoms with E-state index in [0.29, 0.717) is 18.8 Å². The fraction of sp³-hybridized carbons (Fsp3) is 0.632. The predicted octanol–water partition coefficient (Wildman–Crippen LogP) is 2.92. The molecule has 0 unspecified atom stereocenters. The van der Waals surface area contributed by atoms with E-state index in [-0.39, 0.29) is 29.8 Å². The molecular weight excluding hydrogens is 355 g/mol. The number of hydrogen-bond acceptors (Lipinski definition) is 3. The zero-order valence-corrected chi connectivity index (χ0v) is 15.8. The van der Waals surface area contributed by atoms with Gasteiger partial charge in [-0.05, 0) is 43.7 Å². The van der Waals surface area contributed by atoms with E-state index in [4.69, 9.17) is 0 Å². The number of sulfonamides is 1. The Bertz CT molecular complexity index is 724. The van der Waals surface area contributed by atoms with E-state index in [1.807, 2.05) is 0 Å². The maximum absolute atomic E-state index is 13.9. The molecule has 2 aliphatic rings. The Kier molecular flexibility index (Phi) is 6.29. The molecule has 2 fully saturated rings. The van der Waals surface area contributed by atoms with Crippen LogP contribution in [0.5, 0.6) is 0 Å². The molecule has 26 heavy (non-hydrogen) atoms. The molecule has 1 heterocycles. The molecule has 144 valence electrons. The number of halogens is 1.